The zero-order valence-corrected chi connectivity index (χ0v) is 10.7. The Morgan fingerprint density at radius 2 is 2.33 bits per heavy atom. The molecule has 2 aliphatic heterocycles. The normalized spacial score (nSPS) is 26.8. The molecule has 1 amide bonds. The molecule has 2 aliphatic rings. The SMILES string of the molecule is O=C1CC(NC2CCSc3c(F)cccc32)CN1. The molecule has 5 heteroatoms. The Balaban J connectivity index is 1.79. The van der Waals surface area contributed by atoms with Crippen LogP contribution < -0.4 is 10.6 Å². The van der Waals surface area contributed by atoms with E-state index in [4.69, 9.17) is 0 Å². The fourth-order valence-electron chi connectivity index (χ4n) is 2.57. The Morgan fingerprint density at radius 1 is 1.44 bits per heavy atom. The Morgan fingerprint density at radius 3 is 3.11 bits per heavy atom. The summed E-state index contributed by atoms with van der Waals surface area (Å²) in [5.74, 6) is 0.876. The molecule has 1 aromatic rings. The number of carbonyl (C=O) groups excluding carboxylic acids is 1. The number of rotatable bonds is 2. The van der Waals surface area contributed by atoms with Crippen molar-refractivity contribution in [3.05, 3.63) is 29.6 Å². The van der Waals surface area contributed by atoms with E-state index in [0.29, 0.717) is 13.0 Å². The highest BCUT2D eigenvalue weighted by atomic mass is 32.2. The molecule has 1 aromatic carbocycles. The second-order valence-electron chi connectivity index (χ2n) is 4.72. The lowest BCUT2D eigenvalue weighted by molar-refractivity contribution is -0.119. The third-order valence-electron chi connectivity index (χ3n) is 3.44. The lowest BCUT2D eigenvalue weighted by atomic mass is 10.0. The standard InChI is InChI=1S/C13H15FN2OS/c14-10-3-1-2-9-11(4-5-18-13(9)10)16-8-6-12(17)15-7-8/h1-3,8,11,16H,4-7H2,(H,15,17). The number of hydrogen-bond donors (Lipinski definition) is 2. The summed E-state index contributed by atoms with van der Waals surface area (Å²) >= 11 is 1.58. The second kappa shape index (κ2) is 4.90. The first-order valence-electron chi connectivity index (χ1n) is 6.18. The van der Waals surface area contributed by atoms with Gasteiger partial charge in [0.15, 0.2) is 0 Å². The molecule has 3 rings (SSSR count). The van der Waals surface area contributed by atoms with E-state index in [2.05, 4.69) is 10.6 Å². The summed E-state index contributed by atoms with van der Waals surface area (Å²) in [5.41, 5.74) is 1.03. The predicted molar refractivity (Wildman–Crippen MR) is 69.0 cm³/mol. The summed E-state index contributed by atoms with van der Waals surface area (Å²) in [5, 5.41) is 6.28. The third-order valence-corrected chi connectivity index (χ3v) is 4.60. The van der Waals surface area contributed by atoms with Crippen molar-refractivity contribution >= 4 is 17.7 Å². The van der Waals surface area contributed by atoms with Gasteiger partial charge in [-0.15, -0.1) is 11.8 Å². The molecule has 0 radical (unpaired) electrons. The van der Waals surface area contributed by atoms with Gasteiger partial charge in [0, 0.05) is 29.9 Å². The molecule has 18 heavy (non-hydrogen) atoms. The molecule has 0 bridgehead atoms. The van der Waals surface area contributed by atoms with Gasteiger partial charge in [0.2, 0.25) is 5.91 Å². The number of thioether (sulfide) groups is 1. The van der Waals surface area contributed by atoms with Crippen molar-refractivity contribution in [2.24, 2.45) is 0 Å². The van der Waals surface area contributed by atoms with Crippen LogP contribution in [-0.2, 0) is 4.79 Å². The number of hydrogen-bond acceptors (Lipinski definition) is 3. The molecule has 1 fully saturated rings. The van der Waals surface area contributed by atoms with Crippen LogP contribution in [-0.4, -0.2) is 24.2 Å². The first-order chi connectivity index (χ1) is 8.74. The first kappa shape index (κ1) is 12.0. The average Bonchev–Trinajstić information content (AvgIpc) is 2.76. The van der Waals surface area contributed by atoms with Crippen LogP contribution in [0, 0.1) is 5.82 Å². The van der Waals surface area contributed by atoms with E-state index in [1.165, 1.54) is 6.07 Å². The number of carbonyl (C=O) groups is 1. The number of halogens is 1. The van der Waals surface area contributed by atoms with Crippen LogP contribution in [0.2, 0.25) is 0 Å². The Labute approximate surface area is 110 Å². The molecule has 0 aliphatic carbocycles. The average molecular weight is 266 g/mol. The van der Waals surface area contributed by atoms with Gasteiger partial charge in [-0.05, 0) is 23.8 Å². The summed E-state index contributed by atoms with van der Waals surface area (Å²) < 4.78 is 13.7. The Bertz CT molecular complexity index is 480. The van der Waals surface area contributed by atoms with Gasteiger partial charge in [-0.2, -0.15) is 0 Å². The molecule has 0 saturated carbocycles. The van der Waals surface area contributed by atoms with Crippen molar-refractivity contribution in [1.29, 1.82) is 0 Å². The Kier molecular flexibility index (Phi) is 3.26. The maximum atomic E-state index is 13.7. The van der Waals surface area contributed by atoms with E-state index in [0.717, 1.165) is 22.6 Å². The molecule has 0 spiro atoms. The molecule has 0 aromatic heterocycles. The van der Waals surface area contributed by atoms with Gasteiger partial charge in [0.25, 0.3) is 0 Å². The molecule has 1 saturated heterocycles. The highest BCUT2D eigenvalue weighted by Gasteiger charge is 2.28. The van der Waals surface area contributed by atoms with Crippen LogP contribution in [0.4, 0.5) is 4.39 Å². The molecule has 2 heterocycles. The minimum atomic E-state index is -0.135. The minimum absolute atomic E-state index is 0.0946. The van der Waals surface area contributed by atoms with E-state index < -0.39 is 0 Å². The van der Waals surface area contributed by atoms with Crippen molar-refractivity contribution in [3.8, 4) is 0 Å². The number of nitrogens with one attached hydrogen (secondary N) is 2. The van der Waals surface area contributed by atoms with Crippen LogP contribution in [0.5, 0.6) is 0 Å². The first-order valence-corrected chi connectivity index (χ1v) is 7.16. The third kappa shape index (κ3) is 2.24. The fourth-order valence-corrected chi connectivity index (χ4v) is 3.71. The van der Waals surface area contributed by atoms with Gasteiger partial charge >= 0.3 is 0 Å². The van der Waals surface area contributed by atoms with Crippen molar-refractivity contribution < 1.29 is 9.18 Å². The van der Waals surface area contributed by atoms with E-state index >= 15 is 0 Å². The summed E-state index contributed by atoms with van der Waals surface area (Å²) in [4.78, 5) is 11.9. The number of amides is 1. The lowest BCUT2D eigenvalue weighted by Gasteiger charge is -2.28. The van der Waals surface area contributed by atoms with Crippen LogP contribution in [0.1, 0.15) is 24.4 Å². The van der Waals surface area contributed by atoms with Gasteiger partial charge in [-0.1, -0.05) is 12.1 Å². The zero-order valence-electron chi connectivity index (χ0n) is 9.91. The smallest absolute Gasteiger partial charge is 0.221 e. The van der Waals surface area contributed by atoms with Crippen LogP contribution in [0.15, 0.2) is 23.1 Å². The van der Waals surface area contributed by atoms with Crippen molar-refractivity contribution in [2.75, 3.05) is 12.3 Å². The summed E-state index contributed by atoms with van der Waals surface area (Å²) in [6.07, 6.45) is 1.50. The largest absolute Gasteiger partial charge is 0.354 e. The highest BCUT2D eigenvalue weighted by Crippen LogP contribution is 2.38. The maximum absolute atomic E-state index is 13.7. The van der Waals surface area contributed by atoms with Crippen molar-refractivity contribution in [3.63, 3.8) is 0 Å². The van der Waals surface area contributed by atoms with Gasteiger partial charge in [-0.25, -0.2) is 4.39 Å². The second-order valence-corrected chi connectivity index (χ2v) is 5.82. The molecule has 3 nitrogen and oxygen atoms in total. The molecular weight excluding hydrogens is 251 g/mol. The molecular formula is C13H15FN2OS. The predicted octanol–water partition coefficient (Wildman–Crippen LogP) is 1.84. The van der Waals surface area contributed by atoms with E-state index in [1.807, 2.05) is 6.07 Å². The topological polar surface area (TPSA) is 41.1 Å². The van der Waals surface area contributed by atoms with Crippen molar-refractivity contribution in [2.45, 2.75) is 29.8 Å². The van der Waals surface area contributed by atoms with Gasteiger partial charge in [-0.3, -0.25) is 4.79 Å². The number of benzene rings is 1. The van der Waals surface area contributed by atoms with Crippen LogP contribution >= 0.6 is 11.8 Å². The summed E-state index contributed by atoms with van der Waals surface area (Å²) in [6.45, 7) is 0.674. The highest BCUT2D eigenvalue weighted by molar-refractivity contribution is 7.99. The van der Waals surface area contributed by atoms with Crippen molar-refractivity contribution in [1.82, 2.24) is 10.6 Å². The maximum Gasteiger partial charge on any atom is 0.221 e. The molecule has 96 valence electrons. The van der Waals surface area contributed by atoms with E-state index in [-0.39, 0.29) is 23.8 Å². The van der Waals surface area contributed by atoms with E-state index in [1.54, 1.807) is 17.8 Å². The number of fused-ring (bicyclic) bond motifs is 1. The zero-order chi connectivity index (χ0) is 12.5. The Hall–Kier alpha value is -1.07. The van der Waals surface area contributed by atoms with Crippen LogP contribution in [0.25, 0.3) is 0 Å². The summed E-state index contributed by atoms with van der Waals surface area (Å²) in [6, 6.07) is 5.57. The fraction of sp³-hybridized carbons (Fsp3) is 0.462. The van der Waals surface area contributed by atoms with Gasteiger partial charge < -0.3 is 10.6 Å². The van der Waals surface area contributed by atoms with Gasteiger partial charge in [0.05, 0.1) is 0 Å². The molecule has 2 unspecified atom stereocenters. The monoisotopic (exact) mass is 266 g/mol. The van der Waals surface area contributed by atoms with E-state index in [9.17, 15) is 9.18 Å². The summed E-state index contributed by atoms with van der Waals surface area (Å²) in [7, 11) is 0. The quantitative estimate of drug-likeness (QED) is 0.858. The molecule has 2 atom stereocenters. The minimum Gasteiger partial charge on any atom is -0.354 e. The van der Waals surface area contributed by atoms with Gasteiger partial charge in [0.1, 0.15) is 5.82 Å². The molecule has 2 N–H and O–H groups in total. The lowest BCUT2D eigenvalue weighted by Crippen LogP contribution is -2.36. The van der Waals surface area contributed by atoms with Crippen LogP contribution in [0.3, 0.4) is 0 Å².